The minimum absolute atomic E-state index is 0.353. The molecule has 0 fully saturated rings. The van der Waals surface area contributed by atoms with Gasteiger partial charge in [-0.3, -0.25) is 0 Å². The Morgan fingerprint density at radius 3 is 2.78 bits per heavy atom. The van der Waals surface area contributed by atoms with Crippen LogP contribution < -0.4 is 10.6 Å². The number of amides is 2. The first kappa shape index (κ1) is 14.4. The number of aliphatic carboxylic acids is 1. The summed E-state index contributed by atoms with van der Waals surface area (Å²) in [5, 5.41) is 25.3. The maximum Gasteiger partial charge on any atom is 0.328 e. The molecule has 100 valence electrons. The number of carbonyl (C=O) groups is 2. The molecule has 2 atom stereocenters. The van der Waals surface area contributed by atoms with Gasteiger partial charge in [0.05, 0.1) is 11.1 Å². The smallest absolute Gasteiger partial charge is 0.328 e. The van der Waals surface area contributed by atoms with Gasteiger partial charge in [0.25, 0.3) is 0 Å². The van der Waals surface area contributed by atoms with E-state index >= 15 is 0 Å². The molecule has 8 heteroatoms. The van der Waals surface area contributed by atoms with Gasteiger partial charge in [-0.2, -0.15) is 0 Å². The topological polar surface area (TPSA) is 112 Å². The van der Waals surface area contributed by atoms with Crippen LogP contribution in [0.25, 0.3) is 0 Å². The SMILES string of the molecule is C[C@@H](O)[C@H](NC(=O)NCCc1nccs1)C(=O)O. The van der Waals surface area contributed by atoms with E-state index in [9.17, 15) is 14.7 Å². The molecule has 0 radical (unpaired) electrons. The van der Waals surface area contributed by atoms with Crippen molar-refractivity contribution in [2.45, 2.75) is 25.5 Å². The Labute approximate surface area is 108 Å². The number of aromatic nitrogens is 1. The van der Waals surface area contributed by atoms with Crippen LogP contribution in [-0.2, 0) is 11.2 Å². The molecule has 0 unspecified atom stereocenters. The number of nitrogens with zero attached hydrogens (tertiary/aromatic N) is 1. The van der Waals surface area contributed by atoms with Crippen molar-refractivity contribution >= 4 is 23.3 Å². The van der Waals surface area contributed by atoms with Crippen LogP contribution in [0, 0.1) is 0 Å². The molecule has 18 heavy (non-hydrogen) atoms. The van der Waals surface area contributed by atoms with E-state index < -0.39 is 24.1 Å². The Hall–Kier alpha value is -1.67. The third-order valence-corrected chi connectivity index (χ3v) is 2.98. The number of rotatable bonds is 6. The molecule has 0 saturated carbocycles. The van der Waals surface area contributed by atoms with Crippen LogP contribution in [-0.4, -0.2) is 45.9 Å². The molecule has 1 rings (SSSR count). The van der Waals surface area contributed by atoms with Crippen LogP contribution in [0.1, 0.15) is 11.9 Å². The normalized spacial score (nSPS) is 13.7. The van der Waals surface area contributed by atoms with Crippen LogP contribution in [0.15, 0.2) is 11.6 Å². The molecule has 7 nitrogen and oxygen atoms in total. The first-order chi connectivity index (χ1) is 8.50. The summed E-state index contributed by atoms with van der Waals surface area (Å²) in [5.74, 6) is -1.28. The number of urea groups is 1. The lowest BCUT2D eigenvalue weighted by Crippen LogP contribution is -2.51. The Bertz CT molecular complexity index is 394. The van der Waals surface area contributed by atoms with Crippen LogP contribution in [0.2, 0.25) is 0 Å². The molecule has 0 aromatic carbocycles. The standard InChI is InChI=1S/C10H15N3O4S/c1-6(14)8(9(15)16)13-10(17)12-3-2-7-11-4-5-18-7/h4-6,8,14H,2-3H2,1H3,(H,15,16)(H2,12,13,17)/t6-,8+/m1/s1. The molecule has 4 N–H and O–H groups in total. The van der Waals surface area contributed by atoms with Gasteiger partial charge >= 0.3 is 12.0 Å². The molecular weight excluding hydrogens is 258 g/mol. The number of carboxylic acids is 1. The highest BCUT2D eigenvalue weighted by atomic mass is 32.1. The van der Waals surface area contributed by atoms with E-state index in [1.54, 1.807) is 6.20 Å². The molecule has 0 aliphatic rings. The molecule has 0 spiro atoms. The average molecular weight is 273 g/mol. The molecule has 0 aliphatic carbocycles. The highest BCUT2D eigenvalue weighted by Crippen LogP contribution is 2.03. The zero-order valence-electron chi connectivity index (χ0n) is 9.79. The number of nitrogens with one attached hydrogen (secondary N) is 2. The second kappa shape index (κ2) is 6.92. The zero-order valence-corrected chi connectivity index (χ0v) is 10.6. The van der Waals surface area contributed by atoms with Crippen molar-refractivity contribution in [2.75, 3.05) is 6.54 Å². The molecule has 0 bridgehead atoms. The van der Waals surface area contributed by atoms with Crippen molar-refractivity contribution < 1.29 is 19.8 Å². The number of hydrogen-bond donors (Lipinski definition) is 4. The summed E-state index contributed by atoms with van der Waals surface area (Å²) in [5.41, 5.74) is 0. The van der Waals surface area contributed by atoms with E-state index in [-0.39, 0.29) is 0 Å². The van der Waals surface area contributed by atoms with E-state index in [0.717, 1.165) is 5.01 Å². The predicted octanol–water partition coefficient (Wildman–Crippen LogP) is -0.181. The lowest BCUT2D eigenvalue weighted by Gasteiger charge is -2.17. The predicted molar refractivity (Wildman–Crippen MR) is 65.5 cm³/mol. The fourth-order valence-electron chi connectivity index (χ4n) is 1.24. The highest BCUT2D eigenvalue weighted by molar-refractivity contribution is 7.09. The highest BCUT2D eigenvalue weighted by Gasteiger charge is 2.24. The lowest BCUT2D eigenvalue weighted by atomic mass is 10.2. The first-order valence-corrected chi connectivity index (χ1v) is 6.22. The summed E-state index contributed by atoms with van der Waals surface area (Å²) < 4.78 is 0. The van der Waals surface area contributed by atoms with E-state index in [2.05, 4.69) is 15.6 Å². The van der Waals surface area contributed by atoms with E-state index in [1.165, 1.54) is 18.3 Å². The molecule has 2 amide bonds. The van der Waals surface area contributed by atoms with Crippen molar-refractivity contribution in [3.8, 4) is 0 Å². The Morgan fingerprint density at radius 1 is 1.56 bits per heavy atom. The molecule has 0 aliphatic heterocycles. The van der Waals surface area contributed by atoms with Crippen LogP contribution in [0.3, 0.4) is 0 Å². The summed E-state index contributed by atoms with van der Waals surface area (Å²) in [6.07, 6.45) is 1.10. The molecule has 0 saturated heterocycles. The summed E-state index contributed by atoms with van der Waals surface area (Å²) >= 11 is 1.48. The monoisotopic (exact) mass is 273 g/mol. The second-order valence-electron chi connectivity index (χ2n) is 3.63. The van der Waals surface area contributed by atoms with Gasteiger partial charge in [-0.1, -0.05) is 0 Å². The largest absolute Gasteiger partial charge is 0.480 e. The van der Waals surface area contributed by atoms with Gasteiger partial charge in [-0.15, -0.1) is 11.3 Å². The molecular formula is C10H15N3O4S. The summed E-state index contributed by atoms with van der Waals surface area (Å²) in [6.45, 7) is 1.65. The summed E-state index contributed by atoms with van der Waals surface area (Å²) in [6, 6.07) is -1.94. The minimum atomic E-state index is -1.31. The third kappa shape index (κ3) is 4.68. The average Bonchev–Trinajstić information content (AvgIpc) is 2.78. The fourth-order valence-corrected chi connectivity index (χ4v) is 1.86. The van der Waals surface area contributed by atoms with Crippen molar-refractivity contribution in [1.29, 1.82) is 0 Å². The number of hydrogen-bond acceptors (Lipinski definition) is 5. The maximum absolute atomic E-state index is 11.4. The van der Waals surface area contributed by atoms with Gasteiger partial charge in [0, 0.05) is 24.5 Å². The van der Waals surface area contributed by atoms with Gasteiger partial charge in [0.1, 0.15) is 0 Å². The number of aliphatic hydroxyl groups is 1. The second-order valence-corrected chi connectivity index (χ2v) is 4.61. The van der Waals surface area contributed by atoms with Crippen LogP contribution in [0.5, 0.6) is 0 Å². The Kier molecular flexibility index (Phi) is 5.53. The zero-order chi connectivity index (χ0) is 13.5. The van der Waals surface area contributed by atoms with Gasteiger partial charge in [-0.25, -0.2) is 14.6 Å². The molecule has 1 heterocycles. The maximum atomic E-state index is 11.4. The van der Waals surface area contributed by atoms with Gasteiger partial charge in [-0.05, 0) is 6.92 Å². The van der Waals surface area contributed by atoms with Crippen molar-refractivity contribution in [1.82, 2.24) is 15.6 Å². The lowest BCUT2D eigenvalue weighted by molar-refractivity contribution is -0.141. The number of aliphatic hydroxyl groups excluding tert-OH is 1. The summed E-state index contributed by atoms with van der Waals surface area (Å²) in [7, 11) is 0. The van der Waals surface area contributed by atoms with Crippen molar-refractivity contribution in [2.24, 2.45) is 0 Å². The van der Waals surface area contributed by atoms with Gasteiger partial charge < -0.3 is 20.8 Å². The van der Waals surface area contributed by atoms with E-state index in [0.29, 0.717) is 13.0 Å². The third-order valence-electron chi connectivity index (χ3n) is 2.14. The van der Waals surface area contributed by atoms with Crippen molar-refractivity contribution in [3.05, 3.63) is 16.6 Å². The fraction of sp³-hybridized carbons (Fsp3) is 0.500. The number of thiazole rings is 1. The Balaban J connectivity index is 2.30. The van der Waals surface area contributed by atoms with Crippen LogP contribution >= 0.6 is 11.3 Å². The quantitative estimate of drug-likeness (QED) is 0.574. The van der Waals surface area contributed by atoms with Crippen molar-refractivity contribution in [3.63, 3.8) is 0 Å². The Morgan fingerprint density at radius 2 is 2.28 bits per heavy atom. The van der Waals surface area contributed by atoms with Crippen LogP contribution in [0.4, 0.5) is 4.79 Å². The van der Waals surface area contributed by atoms with E-state index in [1.807, 2.05) is 5.38 Å². The van der Waals surface area contributed by atoms with Gasteiger partial charge in [0.2, 0.25) is 0 Å². The summed E-state index contributed by atoms with van der Waals surface area (Å²) in [4.78, 5) is 26.1. The van der Waals surface area contributed by atoms with Gasteiger partial charge in [0.15, 0.2) is 6.04 Å². The molecule has 1 aromatic rings. The minimum Gasteiger partial charge on any atom is -0.480 e. The molecule has 1 aromatic heterocycles. The number of carbonyl (C=O) groups excluding carboxylic acids is 1. The first-order valence-electron chi connectivity index (χ1n) is 5.34. The number of carboxylic acid groups (broad SMARTS) is 1. The van der Waals surface area contributed by atoms with E-state index in [4.69, 9.17) is 5.11 Å².